The molecule has 2 rings (SSSR count). The van der Waals surface area contributed by atoms with Crippen LogP contribution in [0.3, 0.4) is 0 Å². The van der Waals surface area contributed by atoms with Crippen LogP contribution in [0.2, 0.25) is 0 Å². The Hall–Kier alpha value is -2.66. The standard InChI is InChI=1S/C15H13F3N2O5S/c1-25-12-6-7-14(13(8-12)20(21)22)26(23,24)19-9-10-2-4-11(5-3-10)15(16,17)18/h2-8,19H,9H2,1H3. The zero-order chi connectivity index (χ0) is 19.5. The van der Waals surface area contributed by atoms with Gasteiger partial charge >= 0.3 is 6.18 Å². The highest BCUT2D eigenvalue weighted by molar-refractivity contribution is 7.89. The summed E-state index contributed by atoms with van der Waals surface area (Å²) < 4.78 is 69.1. The molecule has 0 heterocycles. The van der Waals surface area contributed by atoms with Crippen LogP contribution >= 0.6 is 0 Å². The lowest BCUT2D eigenvalue weighted by Gasteiger charge is -2.10. The van der Waals surface area contributed by atoms with E-state index in [9.17, 15) is 31.7 Å². The maximum Gasteiger partial charge on any atom is 0.416 e. The molecular formula is C15H13F3N2O5S. The predicted octanol–water partition coefficient (Wildman–Crippen LogP) is 3.10. The highest BCUT2D eigenvalue weighted by atomic mass is 32.2. The van der Waals surface area contributed by atoms with Crippen LogP contribution in [0.15, 0.2) is 47.4 Å². The molecule has 2 aromatic rings. The molecule has 7 nitrogen and oxygen atoms in total. The first kappa shape index (κ1) is 19.7. The quantitative estimate of drug-likeness (QED) is 0.604. The lowest BCUT2D eigenvalue weighted by atomic mass is 10.1. The largest absolute Gasteiger partial charge is 0.497 e. The van der Waals surface area contributed by atoms with E-state index in [1.165, 1.54) is 13.2 Å². The smallest absolute Gasteiger partial charge is 0.416 e. The number of sulfonamides is 1. The molecular weight excluding hydrogens is 377 g/mol. The van der Waals surface area contributed by atoms with Gasteiger partial charge in [-0.1, -0.05) is 12.1 Å². The van der Waals surface area contributed by atoms with E-state index in [1.807, 2.05) is 0 Å². The first-order valence-electron chi connectivity index (χ1n) is 7.03. The lowest BCUT2D eigenvalue weighted by molar-refractivity contribution is -0.387. The zero-order valence-electron chi connectivity index (χ0n) is 13.3. The van der Waals surface area contributed by atoms with Gasteiger partial charge in [0.05, 0.1) is 23.7 Å². The third kappa shape index (κ3) is 4.49. The molecule has 26 heavy (non-hydrogen) atoms. The van der Waals surface area contributed by atoms with E-state index in [-0.39, 0.29) is 17.9 Å². The van der Waals surface area contributed by atoms with Crippen molar-refractivity contribution in [2.45, 2.75) is 17.6 Å². The molecule has 0 unspecified atom stereocenters. The second-order valence-electron chi connectivity index (χ2n) is 5.11. The average Bonchev–Trinajstić information content (AvgIpc) is 2.59. The van der Waals surface area contributed by atoms with Crippen LogP contribution in [-0.2, 0) is 22.7 Å². The van der Waals surface area contributed by atoms with Crippen LogP contribution < -0.4 is 9.46 Å². The van der Waals surface area contributed by atoms with Crippen LogP contribution in [0.5, 0.6) is 5.75 Å². The summed E-state index contributed by atoms with van der Waals surface area (Å²) >= 11 is 0. The highest BCUT2D eigenvalue weighted by Gasteiger charge is 2.30. The second-order valence-corrected chi connectivity index (χ2v) is 6.85. The maximum absolute atomic E-state index is 12.5. The number of ether oxygens (including phenoxy) is 1. The molecule has 0 spiro atoms. The Morgan fingerprint density at radius 3 is 2.27 bits per heavy atom. The molecule has 11 heteroatoms. The van der Waals surface area contributed by atoms with Crippen LogP contribution in [0.1, 0.15) is 11.1 Å². The normalized spacial score (nSPS) is 12.0. The number of nitro groups is 1. The molecule has 0 amide bonds. The first-order valence-corrected chi connectivity index (χ1v) is 8.51. The summed E-state index contributed by atoms with van der Waals surface area (Å²) in [5.74, 6) is 0.110. The summed E-state index contributed by atoms with van der Waals surface area (Å²) in [6.07, 6.45) is -4.50. The Labute approximate surface area is 146 Å². The third-order valence-corrected chi connectivity index (χ3v) is 4.85. The minimum absolute atomic E-state index is 0.110. The van der Waals surface area contributed by atoms with Crippen molar-refractivity contribution in [1.29, 1.82) is 0 Å². The minimum atomic E-state index is -4.50. The van der Waals surface area contributed by atoms with Gasteiger partial charge in [-0.3, -0.25) is 10.1 Å². The van der Waals surface area contributed by atoms with Crippen molar-refractivity contribution >= 4 is 15.7 Å². The third-order valence-electron chi connectivity index (χ3n) is 3.40. The molecule has 0 aliphatic rings. The monoisotopic (exact) mass is 390 g/mol. The van der Waals surface area contributed by atoms with Gasteiger partial charge in [0.25, 0.3) is 5.69 Å². The second kappa shape index (κ2) is 7.30. The number of nitro benzene ring substituents is 1. The number of alkyl halides is 3. The Bertz CT molecular complexity index is 912. The van der Waals surface area contributed by atoms with Gasteiger partial charge in [0.15, 0.2) is 4.90 Å². The molecule has 0 atom stereocenters. The summed E-state index contributed by atoms with van der Waals surface area (Å²) in [6.45, 7) is -0.330. The van der Waals surface area contributed by atoms with Gasteiger partial charge in [-0.2, -0.15) is 13.2 Å². The predicted molar refractivity (Wildman–Crippen MR) is 85.1 cm³/mol. The molecule has 0 aliphatic heterocycles. The molecule has 0 aliphatic carbocycles. The van der Waals surface area contributed by atoms with Crippen molar-refractivity contribution in [1.82, 2.24) is 4.72 Å². The molecule has 0 radical (unpaired) electrons. The van der Waals surface area contributed by atoms with E-state index in [2.05, 4.69) is 4.72 Å². The molecule has 0 saturated carbocycles. The van der Waals surface area contributed by atoms with Gasteiger partial charge in [0.1, 0.15) is 5.75 Å². The molecule has 140 valence electrons. The van der Waals surface area contributed by atoms with Gasteiger partial charge in [-0.15, -0.1) is 0 Å². The fourth-order valence-electron chi connectivity index (χ4n) is 2.06. The van der Waals surface area contributed by atoms with E-state index in [4.69, 9.17) is 4.74 Å². The van der Waals surface area contributed by atoms with Gasteiger partial charge in [-0.05, 0) is 29.8 Å². The first-order chi connectivity index (χ1) is 12.0. The van der Waals surface area contributed by atoms with Gasteiger partial charge in [0.2, 0.25) is 10.0 Å². The van der Waals surface area contributed by atoms with E-state index < -0.39 is 37.3 Å². The molecule has 1 N–H and O–H groups in total. The number of rotatable bonds is 6. The summed E-state index contributed by atoms with van der Waals surface area (Å²) in [5.41, 5.74) is -1.28. The van der Waals surface area contributed by atoms with Gasteiger partial charge < -0.3 is 4.74 Å². The summed E-state index contributed by atoms with van der Waals surface area (Å²) in [6, 6.07) is 7.11. The van der Waals surface area contributed by atoms with E-state index in [1.54, 1.807) is 0 Å². The number of halogens is 3. The van der Waals surface area contributed by atoms with Crippen LogP contribution in [0, 0.1) is 10.1 Å². The topological polar surface area (TPSA) is 98.5 Å². The number of benzene rings is 2. The van der Waals surface area contributed by atoms with Gasteiger partial charge in [0, 0.05) is 6.54 Å². The molecule has 0 aromatic heterocycles. The summed E-state index contributed by atoms with van der Waals surface area (Å²) in [5, 5.41) is 11.1. The van der Waals surface area contributed by atoms with E-state index >= 15 is 0 Å². The number of methoxy groups -OCH3 is 1. The van der Waals surface area contributed by atoms with Crippen LogP contribution in [0.25, 0.3) is 0 Å². The van der Waals surface area contributed by atoms with Crippen LogP contribution in [-0.4, -0.2) is 20.5 Å². The van der Waals surface area contributed by atoms with Crippen molar-refractivity contribution in [2.75, 3.05) is 7.11 Å². The van der Waals surface area contributed by atoms with Crippen molar-refractivity contribution in [3.63, 3.8) is 0 Å². The lowest BCUT2D eigenvalue weighted by Crippen LogP contribution is -2.24. The Kier molecular flexibility index (Phi) is 5.52. The van der Waals surface area contributed by atoms with Gasteiger partial charge in [-0.25, -0.2) is 13.1 Å². The number of hydrogen-bond acceptors (Lipinski definition) is 5. The average molecular weight is 390 g/mol. The summed E-state index contributed by atoms with van der Waals surface area (Å²) in [4.78, 5) is 9.65. The Morgan fingerprint density at radius 2 is 1.77 bits per heavy atom. The molecule has 0 saturated heterocycles. The molecule has 0 fully saturated rings. The minimum Gasteiger partial charge on any atom is -0.497 e. The Morgan fingerprint density at radius 1 is 1.15 bits per heavy atom. The van der Waals surface area contributed by atoms with Crippen molar-refractivity contribution in [2.24, 2.45) is 0 Å². The molecule has 2 aromatic carbocycles. The van der Waals surface area contributed by atoms with Crippen molar-refractivity contribution in [3.05, 3.63) is 63.7 Å². The molecule has 0 bridgehead atoms. The number of hydrogen-bond donors (Lipinski definition) is 1. The highest BCUT2D eigenvalue weighted by Crippen LogP contribution is 2.30. The van der Waals surface area contributed by atoms with Crippen LogP contribution in [0.4, 0.5) is 18.9 Å². The SMILES string of the molecule is COc1ccc(S(=O)(=O)NCc2ccc(C(F)(F)F)cc2)c([N+](=O)[O-])c1. The fraction of sp³-hybridized carbons (Fsp3) is 0.200. The van der Waals surface area contributed by atoms with Crippen molar-refractivity contribution in [3.8, 4) is 5.75 Å². The van der Waals surface area contributed by atoms with E-state index in [0.29, 0.717) is 0 Å². The number of nitrogens with one attached hydrogen (secondary N) is 1. The van der Waals surface area contributed by atoms with Crippen molar-refractivity contribution < 1.29 is 31.2 Å². The maximum atomic E-state index is 12.5. The summed E-state index contributed by atoms with van der Waals surface area (Å²) in [7, 11) is -2.99. The zero-order valence-corrected chi connectivity index (χ0v) is 14.1. The van der Waals surface area contributed by atoms with E-state index in [0.717, 1.165) is 36.4 Å². The Balaban J connectivity index is 2.23. The number of nitrogens with zero attached hydrogens (tertiary/aromatic N) is 1. The fourth-order valence-corrected chi connectivity index (χ4v) is 3.23.